The zero-order valence-corrected chi connectivity index (χ0v) is 14.1. The highest BCUT2D eigenvalue weighted by Crippen LogP contribution is 2.28. The standard InChI is InChI=1S/C18H26N2O2/c1-6-13(11-19-17(21)22-18(2,3)4)15-12-20(5)16-10-8-7-9-14(15)16/h7-10,12-13H,6,11H2,1-5H3,(H,19,21)/t13-/m0/s1. The lowest BCUT2D eigenvalue weighted by Gasteiger charge is -2.21. The minimum Gasteiger partial charge on any atom is -0.444 e. The molecule has 1 amide bonds. The third-order valence-corrected chi connectivity index (χ3v) is 3.75. The Hall–Kier alpha value is -1.97. The van der Waals surface area contributed by atoms with Gasteiger partial charge in [-0.2, -0.15) is 0 Å². The summed E-state index contributed by atoms with van der Waals surface area (Å²) < 4.78 is 7.45. The Morgan fingerprint density at radius 3 is 2.64 bits per heavy atom. The molecule has 0 bridgehead atoms. The maximum atomic E-state index is 11.8. The number of carbonyl (C=O) groups is 1. The van der Waals surface area contributed by atoms with E-state index < -0.39 is 5.60 Å². The van der Waals surface area contributed by atoms with Crippen LogP contribution < -0.4 is 5.32 Å². The van der Waals surface area contributed by atoms with E-state index in [0.717, 1.165) is 6.42 Å². The molecule has 0 aliphatic carbocycles. The zero-order valence-electron chi connectivity index (χ0n) is 14.1. The number of hydrogen-bond donors (Lipinski definition) is 1. The van der Waals surface area contributed by atoms with Crippen molar-refractivity contribution in [3.05, 3.63) is 36.0 Å². The average molecular weight is 302 g/mol. The zero-order chi connectivity index (χ0) is 16.3. The fraction of sp³-hybridized carbons (Fsp3) is 0.500. The van der Waals surface area contributed by atoms with Gasteiger partial charge in [-0.1, -0.05) is 25.1 Å². The largest absolute Gasteiger partial charge is 0.444 e. The van der Waals surface area contributed by atoms with Crippen molar-refractivity contribution in [1.82, 2.24) is 9.88 Å². The summed E-state index contributed by atoms with van der Waals surface area (Å²) in [5.41, 5.74) is 2.02. The lowest BCUT2D eigenvalue weighted by Crippen LogP contribution is -2.34. The molecule has 22 heavy (non-hydrogen) atoms. The van der Waals surface area contributed by atoms with Gasteiger partial charge in [-0.25, -0.2) is 4.79 Å². The van der Waals surface area contributed by atoms with Gasteiger partial charge >= 0.3 is 6.09 Å². The fourth-order valence-electron chi connectivity index (χ4n) is 2.69. The van der Waals surface area contributed by atoms with Crippen molar-refractivity contribution in [2.75, 3.05) is 6.54 Å². The molecular weight excluding hydrogens is 276 g/mol. The summed E-state index contributed by atoms with van der Waals surface area (Å²) in [7, 11) is 2.06. The van der Waals surface area contributed by atoms with Crippen LogP contribution in [-0.4, -0.2) is 22.8 Å². The van der Waals surface area contributed by atoms with E-state index >= 15 is 0 Å². The van der Waals surface area contributed by atoms with E-state index in [2.05, 4.69) is 48.3 Å². The monoisotopic (exact) mass is 302 g/mol. The van der Waals surface area contributed by atoms with Gasteiger partial charge in [-0.15, -0.1) is 0 Å². The van der Waals surface area contributed by atoms with E-state index in [-0.39, 0.29) is 12.0 Å². The van der Waals surface area contributed by atoms with Gasteiger partial charge in [-0.05, 0) is 38.8 Å². The van der Waals surface area contributed by atoms with Crippen LogP contribution in [0.3, 0.4) is 0 Å². The van der Waals surface area contributed by atoms with Crippen LogP contribution in [-0.2, 0) is 11.8 Å². The van der Waals surface area contributed by atoms with Crippen molar-refractivity contribution in [2.45, 2.75) is 45.6 Å². The molecule has 1 atom stereocenters. The Morgan fingerprint density at radius 2 is 2.00 bits per heavy atom. The minimum atomic E-state index is -0.467. The highest BCUT2D eigenvalue weighted by Gasteiger charge is 2.19. The molecule has 1 aromatic carbocycles. The molecule has 4 nitrogen and oxygen atoms in total. The number of benzene rings is 1. The summed E-state index contributed by atoms with van der Waals surface area (Å²) in [5.74, 6) is 0.276. The number of fused-ring (bicyclic) bond motifs is 1. The average Bonchev–Trinajstić information content (AvgIpc) is 2.76. The fourth-order valence-corrected chi connectivity index (χ4v) is 2.69. The molecule has 2 aromatic rings. The van der Waals surface area contributed by atoms with Crippen LogP contribution >= 0.6 is 0 Å². The highest BCUT2D eigenvalue weighted by atomic mass is 16.6. The second-order valence-corrected chi connectivity index (χ2v) is 6.70. The maximum Gasteiger partial charge on any atom is 0.407 e. The Labute approximate surface area is 132 Å². The molecule has 0 fully saturated rings. The van der Waals surface area contributed by atoms with Crippen LogP contribution in [0.25, 0.3) is 10.9 Å². The van der Waals surface area contributed by atoms with Gasteiger partial charge in [0.05, 0.1) is 0 Å². The number of aryl methyl sites for hydroxylation is 1. The van der Waals surface area contributed by atoms with Crippen molar-refractivity contribution in [3.63, 3.8) is 0 Å². The first-order valence-electron chi connectivity index (χ1n) is 7.82. The third kappa shape index (κ3) is 3.81. The van der Waals surface area contributed by atoms with Gasteiger partial charge in [-0.3, -0.25) is 0 Å². The van der Waals surface area contributed by atoms with Crippen molar-refractivity contribution in [3.8, 4) is 0 Å². The Morgan fingerprint density at radius 1 is 1.32 bits per heavy atom. The first kappa shape index (κ1) is 16.4. The molecular formula is C18H26N2O2. The number of nitrogens with one attached hydrogen (secondary N) is 1. The van der Waals surface area contributed by atoms with Crippen LogP contribution in [0.15, 0.2) is 30.5 Å². The number of alkyl carbamates (subject to hydrolysis) is 1. The van der Waals surface area contributed by atoms with Crippen molar-refractivity contribution in [2.24, 2.45) is 7.05 Å². The first-order valence-corrected chi connectivity index (χ1v) is 7.82. The number of rotatable bonds is 4. The van der Waals surface area contributed by atoms with Gasteiger partial charge in [0, 0.05) is 36.6 Å². The molecule has 0 spiro atoms. The topological polar surface area (TPSA) is 43.3 Å². The molecule has 0 radical (unpaired) electrons. The Balaban J connectivity index is 2.13. The molecule has 0 unspecified atom stereocenters. The van der Waals surface area contributed by atoms with Crippen molar-refractivity contribution >= 4 is 17.0 Å². The van der Waals surface area contributed by atoms with Crippen molar-refractivity contribution in [1.29, 1.82) is 0 Å². The normalized spacial score (nSPS) is 13.1. The molecule has 4 heteroatoms. The minimum absolute atomic E-state index is 0.276. The first-order chi connectivity index (χ1) is 10.3. The van der Waals surface area contributed by atoms with E-state index in [0.29, 0.717) is 6.54 Å². The van der Waals surface area contributed by atoms with Gasteiger partial charge in [0.25, 0.3) is 0 Å². The molecule has 2 rings (SSSR count). The summed E-state index contributed by atoms with van der Waals surface area (Å²) in [5, 5.41) is 4.14. The summed E-state index contributed by atoms with van der Waals surface area (Å²) in [6.45, 7) is 8.33. The molecule has 1 heterocycles. The number of hydrogen-bond acceptors (Lipinski definition) is 2. The maximum absolute atomic E-state index is 11.8. The molecule has 1 N–H and O–H groups in total. The lowest BCUT2D eigenvalue weighted by atomic mass is 9.96. The van der Waals surface area contributed by atoms with E-state index in [1.807, 2.05) is 26.8 Å². The number of carbonyl (C=O) groups excluding carboxylic acids is 1. The van der Waals surface area contributed by atoms with E-state index in [9.17, 15) is 4.79 Å². The second-order valence-electron chi connectivity index (χ2n) is 6.70. The predicted molar refractivity (Wildman–Crippen MR) is 90.2 cm³/mol. The van der Waals surface area contributed by atoms with Crippen LogP contribution in [0.2, 0.25) is 0 Å². The smallest absolute Gasteiger partial charge is 0.407 e. The predicted octanol–water partition coefficient (Wildman–Crippen LogP) is 4.20. The van der Waals surface area contributed by atoms with E-state index in [1.165, 1.54) is 16.5 Å². The molecule has 1 aromatic heterocycles. The van der Waals surface area contributed by atoms with Crippen LogP contribution in [0, 0.1) is 0 Å². The Kier molecular flexibility index (Phi) is 4.79. The van der Waals surface area contributed by atoms with Crippen LogP contribution in [0.1, 0.15) is 45.6 Å². The molecule has 0 saturated heterocycles. The van der Waals surface area contributed by atoms with Crippen LogP contribution in [0.5, 0.6) is 0 Å². The number of aromatic nitrogens is 1. The SMILES string of the molecule is CC[C@@H](CNC(=O)OC(C)(C)C)c1cn(C)c2ccccc12. The van der Waals surface area contributed by atoms with Gasteiger partial charge < -0.3 is 14.6 Å². The third-order valence-electron chi connectivity index (χ3n) is 3.75. The summed E-state index contributed by atoms with van der Waals surface area (Å²) in [4.78, 5) is 11.8. The summed E-state index contributed by atoms with van der Waals surface area (Å²) >= 11 is 0. The summed E-state index contributed by atoms with van der Waals surface area (Å²) in [6.07, 6.45) is 2.77. The van der Waals surface area contributed by atoms with E-state index in [4.69, 9.17) is 4.74 Å². The molecule has 0 saturated carbocycles. The number of ether oxygens (including phenoxy) is 1. The second kappa shape index (κ2) is 6.42. The summed E-state index contributed by atoms with van der Waals surface area (Å²) in [6, 6.07) is 8.36. The van der Waals surface area contributed by atoms with Gasteiger partial charge in [0.1, 0.15) is 5.60 Å². The number of amides is 1. The van der Waals surface area contributed by atoms with Gasteiger partial charge in [0.2, 0.25) is 0 Å². The molecule has 120 valence electrons. The molecule has 0 aliphatic rings. The highest BCUT2D eigenvalue weighted by molar-refractivity contribution is 5.84. The Bertz CT molecular complexity index is 653. The quantitative estimate of drug-likeness (QED) is 0.920. The van der Waals surface area contributed by atoms with E-state index in [1.54, 1.807) is 0 Å². The number of nitrogens with zero attached hydrogens (tertiary/aromatic N) is 1. The van der Waals surface area contributed by atoms with Crippen molar-refractivity contribution < 1.29 is 9.53 Å². The molecule has 0 aliphatic heterocycles. The lowest BCUT2D eigenvalue weighted by molar-refractivity contribution is 0.0524. The number of para-hydroxylation sites is 1. The van der Waals surface area contributed by atoms with Crippen LogP contribution in [0.4, 0.5) is 4.79 Å². The van der Waals surface area contributed by atoms with Gasteiger partial charge in [0.15, 0.2) is 0 Å².